The van der Waals surface area contributed by atoms with Crippen LogP contribution in [-0.2, 0) is 4.79 Å². The summed E-state index contributed by atoms with van der Waals surface area (Å²) < 4.78 is 0. The number of hydrogen-bond acceptors (Lipinski definition) is 2. The molecule has 30 heavy (non-hydrogen) atoms. The Bertz CT molecular complexity index is 750. The molecule has 0 unspecified atom stereocenters. The summed E-state index contributed by atoms with van der Waals surface area (Å²) in [5.74, 6) is 1.81. The van der Waals surface area contributed by atoms with Gasteiger partial charge in [0, 0.05) is 46.1 Å². The lowest BCUT2D eigenvalue weighted by Gasteiger charge is -2.34. The highest BCUT2D eigenvalue weighted by molar-refractivity contribution is 14.0. The zero-order chi connectivity index (χ0) is 20.5. The van der Waals surface area contributed by atoms with Gasteiger partial charge in [0.05, 0.1) is 0 Å². The largest absolute Gasteiger partial charge is 0.359 e. The molecule has 0 bridgehead atoms. The fraction of sp³-hybridized carbons (Fsp3) is 0.417. The number of aliphatic imine (C=N–C) groups is 1. The molecule has 6 heteroatoms. The number of halogens is 1. The summed E-state index contributed by atoms with van der Waals surface area (Å²) in [6, 6.07) is 21.2. The van der Waals surface area contributed by atoms with Crippen LogP contribution in [0.15, 0.2) is 65.7 Å². The van der Waals surface area contributed by atoms with E-state index < -0.39 is 0 Å². The third kappa shape index (κ3) is 6.72. The van der Waals surface area contributed by atoms with Gasteiger partial charge in [0.2, 0.25) is 5.91 Å². The van der Waals surface area contributed by atoms with Gasteiger partial charge in [-0.15, -0.1) is 24.0 Å². The molecule has 1 heterocycles. The minimum absolute atomic E-state index is 0. The van der Waals surface area contributed by atoms with Crippen LogP contribution in [0.4, 0.5) is 0 Å². The number of rotatable bonds is 6. The fourth-order valence-electron chi connectivity index (χ4n) is 4.04. The topological polar surface area (TPSA) is 56.7 Å². The first-order chi connectivity index (χ1) is 14.2. The number of nitrogens with zero attached hydrogens (tertiary/aromatic N) is 2. The van der Waals surface area contributed by atoms with Crippen LogP contribution in [0.1, 0.15) is 36.3 Å². The van der Waals surface area contributed by atoms with Gasteiger partial charge in [0.25, 0.3) is 0 Å². The molecule has 1 aliphatic heterocycles. The van der Waals surface area contributed by atoms with Gasteiger partial charge in [-0.05, 0) is 29.9 Å². The molecule has 3 rings (SSSR count). The molecule has 1 aliphatic rings. The van der Waals surface area contributed by atoms with Gasteiger partial charge in [-0.25, -0.2) is 0 Å². The van der Waals surface area contributed by atoms with E-state index in [1.54, 1.807) is 7.05 Å². The van der Waals surface area contributed by atoms with E-state index in [4.69, 9.17) is 0 Å². The van der Waals surface area contributed by atoms with Crippen molar-refractivity contribution < 1.29 is 4.79 Å². The summed E-state index contributed by atoms with van der Waals surface area (Å²) in [5, 5.41) is 6.33. The van der Waals surface area contributed by atoms with Crippen molar-refractivity contribution in [1.29, 1.82) is 0 Å². The molecule has 0 spiro atoms. The number of nitrogens with one attached hydrogen (secondary N) is 2. The lowest BCUT2D eigenvalue weighted by atomic mass is 9.91. The average molecular weight is 520 g/mol. The lowest BCUT2D eigenvalue weighted by molar-refractivity contribution is -0.121. The van der Waals surface area contributed by atoms with Crippen molar-refractivity contribution in [2.45, 2.75) is 25.2 Å². The number of hydrogen-bond donors (Lipinski definition) is 2. The summed E-state index contributed by atoms with van der Waals surface area (Å²) in [6.45, 7) is 2.66. The molecule has 1 amide bonds. The van der Waals surface area contributed by atoms with Gasteiger partial charge >= 0.3 is 0 Å². The summed E-state index contributed by atoms with van der Waals surface area (Å²) in [4.78, 5) is 18.5. The third-order valence-corrected chi connectivity index (χ3v) is 5.75. The number of benzene rings is 2. The van der Waals surface area contributed by atoms with Crippen LogP contribution in [0, 0.1) is 5.92 Å². The predicted octanol–water partition coefficient (Wildman–Crippen LogP) is 3.86. The zero-order valence-electron chi connectivity index (χ0n) is 17.9. The second-order valence-electron chi connectivity index (χ2n) is 7.61. The van der Waals surface area contributed by atoms with E-state index in [1.165, 1.54) is 11.1 Å². The number of piperidine rings is 1. The van der Waals surface area contributed by atoms with E-state index in [0.29, 0.717) is 12.3 Å². The maximum atomic E-state index is 11.6. The molecular weight excluding hydrogens is 487 g/mol. The quantitative estimate of drug-likeness (QED) is 0.346. The van der Waals surface area contributed by atoms with Crippen molar-refractivity contribution in [2.24, 2.45) is 10.9 Å². The van der Waals surface area contributed by atoms with Crippen molar-refractivity contribution in [3.05, 3.63) is 71.8 Å². The number of guanidine groups is 1. The Hall–Kier alpha value is -2.09. The fourth-order valence-corrected chi connectivity index (χ4v) is 4.04. The monoisotopic (exact) mass is 520 g/mol. The Morgan fingerprint density at radius 1 is 1.03 bits per heavy atom. The molecule has 0 aliphatic carbocycles. The second kappa shape index (κ2) is 12.6. The molecule has 1 saturated heterocycles. The molecule has 2 N–H and O–H groups in total. The minimum atomic E-state index is 0. The Labute approximate surface area is 197 Å². The number of amides is 1. The first-order valence-corrected chi connectivity index (χ1v) is 10.5. The number of carbonyl (C=O) groups is 1. The first-order valence-electron chi connectivity index (χ1n) is 10.5. The molecule has 0 aromatic heterocycles. The van der Waals surface area contributed by atoms with E-state index in [2.05, 4.69) is 81.2 Å². The van der Waals surface area contributed by atoms with Gasteiger partial charge < -0.3 is 15.5 Å². The van der Waals surface area contributed by atoms with Crippen LogP contribution in [0.25, 0.3) is 0 Å². The van der Waals surface area contributed by atoms with Crippen LogP contribution in [0.3, 0.4) is 0 Å². The molecular formula is C24H33IN4O. The van der Waals surface area contributed by atoms with Crippen molar-refractivity contribution in [2.75, 3.05) is 33.7 Å². The Kier molecular flexibility index (Phi) is 10.1. The SMILES string of the molecule is CN=C(NCC(c1ccccc1)c1ccccc1)N1CCC(CC(=O)NC)CC1.I. The first kappa shape index (κ1) is 24.2. The highest BCUT2D eigenvalue weighted by Gasteiger charge is 2.24. The van der Waals surface area contributed by atoms with E-state index in [-0.39, 0.29) is 35.8 Å². The second-order valence-corrected chi connectivity index (χ2v) is 7.61. The van der Waals surface area contributed by atoms with Crippen molar-refractivity contribution in [3.8, 4) is 0 Å². The summed E-state index contributed by atoms with van der Waals surface area (Å²) in [5.41, 5.74) is 2.59. The van der Waals surface area contributed by atoms with Crippen molar-refractivity contribution in [1.82, 2.24) is 15.5 Å². The van der Waals surface area contributed by atoms with E-state index in [0.717, 1.165) is 38.4 Å². The average Bonchev–Trinajstić information content (AvgIpc) is 2.78. The van der Waals surface area contributed by atoms with Crippen LogP contribution >= 0.6 is 24.0 Å². The maximum Gasteiger partial charge on any atom is 0.220 e. The molecule has 2 aromatic rings. The summed E-state index contributed by atoms with van der Waals surface area (Å²) >= 11 is 0. The summed E-state index contributed by atoms with van der Waals surface area (Å²) in [6.07, 6.45) is 2.67. The molecule has 0 radical (unpaired) electrons. The number of carbonyl (C=O) groups excluding carboxylic acids is 1. The van der Waals surface area contributed by atoms with Crippen molar-refractivity contribution in [3.63, 3.8) is 0 Å². The van der Waals surface area contributed by atoms with Crippen LogP contribution in [0.2, 0.25) is 0 Å². The van der Waals surface area contributed by atoms with Gasteiger partial charge in [-0.1, -0.05) is 60.7 Å². The van der Waals surface area contributed by atoms with Gasteiger partial charge in [0.15, 0.2) is 5.96 Å². The van der Waals surface area contributed by atoms with Crippen molar-refractivity contribution >= 4 is 35.8 Å². The van der Waals surface area contributed by atoms with Gasteiger partial charge in [-0.2, -0.15) is 0 Å². The molecule has 0 saturated carbocycles. The smallest absolute Gasteiger partial charge is 0.220 e. The number of likely N-dealkylation sites (tertiary alicyclic amines) is 1. The van der Waals surface area contributed by atoms with Gasteiger partial charge in [0.1, 0.15) is 0 Å². The molecule has 1 fully saturated rings. The zero-order valence-corrected chi connectivity index (χ0v) is 20.2. The van der Waals surface area contributed by atoms with Crippen LogP contribution in [-0.4, -0.2) is 50.5 Å². The molecule has 5 nitrogen and oxygen atoms in total. The maximum absolute atomic E-state index is 11.6. The highest BCUT2D eigenvalue weighted by Crippen LogP contribution is 2.24. The van der Waals surface area contributed by atoms with E-state index in [9.17, 15) is 4.79 Å². The van der Waals surface area contributed by atoms with Gasteiger partial charge in [-0.3, -0.25) is 9.79 Å². The highest BCUT2D eigenvalue weighted by atomic mass is 127. The molecule has 2 aromatic carbocycles. The normalized spacial score (nSPS) is 14.9. The molecule has 162 valence electrons. The summed E-state index contributed by atoms with van der Waals surface area (Å²) in [7, 11) is 3.55. The standard InChI is InChI=1S/C24H32N4O.HI/c1-25-23(29)17-19-13-15-28(16-14-19)24(26-2)27-18-22(20-9-5-3-6-10-20)21-11-7-4-8-12-21;/h3-12,19,22H,13-18H2,1-2H3,(H,25,29)(H,26,27);1H. The minimum Gasteiger partial charge on any atom is -0.359 e. The van der Waals surface area contributed by atoms with Crippen LogP contribution < -0.4 is 10.6 Å². The predicted molar refractivity (Wildman–Crippen MR) is 134 cm³/mol. The Morgan fingerprint density at radius 2 is 1.57 bits per heavy atom. The Morgan fingerprint density at radius 3 is 2.03 bits per heavy atom. The third-order valence-electron chi connectivity index (χ3n) is 5.75. The lowest BCUT2D eigenvalue weighted by Crippen LogP contribution is -2.47. The van der Waals surface area contributed by atoms with Crippen LogP contribution in [0.5, 0.6) is 0 Å². The Balaban J connectivity index is 0.00000320. The van der Waals surface area contributed by atoms with E-state index >= 15 is 0 Å². The molecule has 0 atom stereocenters. The van der Waals surface area contributed by atoms with E-state index in [1.807, 2.05) is 7.05 Å².